The number of sulfone groups is 1. The van der Waals surface area contributed by atoms with Crippen LogP contribution in [0.1, 0.15) is 44.1 Å². The molecule has 0 spiro atoms. The standard InChI is InChI=1S/C11H20N4O3S/c1-5-19(17,18)7-6-12-9(16)8-13-10(15-14-8)11(2,3)4/h5-7H2,1-4H3,(H,12,16)(H,13,14,15). The van der Waals surface area contributed by atoms with Gasteiger partial charge in [-0.05, 0) is 0 Å². The van der Waals surface area contributed by atoms with Crippen molar-refractivity contribution in [3.63, 3.8) is 0 Å². The maximum Gasteiger partial charge on any atom is 0.290 e. The fourth-order valence-electron chi connectivity index (χ4n) is 1.24. The topological polar surface area (TPSA) is 105 Å². The van der Waals surface area contributed by atoms with E-state index in [2.05, 4.69) is 20.5 Å². The van der Waals surface area contributed by atoms with Crippen molar-refractivity contribution >= 4 is 15.7 Å². The van der Waals surface area contributed by atoms with E-state index in [1.54, 1.807) is 6.92 Å². The first-order chi connectivity index (χ1) is 8.65. The largest absolute Gasteiger partial charge is 0.348 e. The molecule has 0 aromatic carbocycles. The lowest BCUT2D eigenvalue weighted by atomic mass is 9.96. The van der Waals surface area contributed by atoms with Gasteiger partial charge in [0.15, 0.2) is 9.84 Å². The van der Waals surface area contributed by atoms with Crippen molar-refractivity contribution in [2.75, 3.05) is 18.1 Å². The first-order valence-electron chi connectivity index (χ1n) is 6.07. The Balaban J connectivity index is 2.58. The Labute approximate surface area is 113 Å². The molecule has 19 heavy (non-hydrogen) atoms. The predicted molar refractivity (Wildman–Crippen MR) is 71.7 cm³/mol. The Morgan fingerprint density at radius 2 is 2.00 bits per heavy atom. The second kappa shape index (κ2) is 5.68. The summed E-state index contributed by atoms with van der Waals surface area (Å²) in [5, 5.41) is 9.02. The minimum Gasteiger partial charge on any atom is -0.348 e. The van der Waals surface area contributed by atoms with E-state index in [4.69, 9.17) is 0 Å². The fraction of sp³-hybridized carbons (Fsp3) is 0.727. The third-order valence-corrected chi connectivity index (χ3v) is 4.24. The monoisotopic (exact) mass is 288 g/mol. The van der Waals surface area contributed by atoms with E-state index in [0.29, 0.717) is 5.82 Å². The van der Waals surface area contributed by atoms with Crippen molar-refractivity contribution in [1.82, 2.24) is 20.5 Å². The summed E-state index contributed by atoms with van der Waals surface area (Å²) >= 11 is 0. The molecule has 1 rings (SSSR count). The lowest BCUT2D eigenvalue weighted by Gasteiger charge is -2.12. The van der Waals surface area contributed by atoms with Crippen molar-refractivity contribution in [1.29, 1.82) is 0 Å². The quantitative estimate of drug-likeness (QED) is 0.809. The molecule has 0 saturated carbocycles. The van der Waals surface area contributed by atoms with E-state index in [1.807, 2.05) is 20.8 Å². The zero-order chi connectivity index (χ0) is 14.7. The third-order valence-electron chi connectivity index (χ3n) is 2.54. The number of rotatable bonds is 5. The fourth-order valence-corrected chi connectivity index (χ4v) is 1.94. The van der Waals surface area contributed by atoms with Gasteiger partial charge >= 0.3 is 0 Å². The summed E-state index contributed by atoms with van der Waals surface area (Å²) in [5.74, 6) is 0.152. The Morgan fingerprint density at radius 1 is 1.37 bits per heavy atom. The van der Waals surface area contributed by atoms with Gasteiger partial charge in [0, 0.05) is 17.7 Å². The molecule has 7 nitrogen and oxygen atoms in total. The number of hydrogen-bond donors (Lipinski definition) is 2. The molecule has 0 radical (unpaired) electrons. The number of carbonyl (C=O) groups is 1. The second-order valence-electron chi connectivity index (χ2n) is 5.25. The summed E-state index contributed by atoms with van der Waals surface area (Å²) in [5.41, 5.74) is -0.225. The maximum absolute atomic E-state index is 11.7. The normalized spacial score (nSPS) is 12.4. The van der Waals surface area contributed by atoms with E-state index in [9.17, 15) is 13.2 Å². The molecule has 0 fully saturated rings. The number of H-pyrrole nitrogens is 1. The van der Waals surface area contributed by atoms with Crippen LogP contribution >= 0.6 is 0 Å². The molecular formula is C11H20N4O3S. The first-order valence-corrected chi connectivity index (χ1v) is 7.89. The molecule has 2 N–H and O–H groups in total. The van der Waals surface area contributed by atoms with Gasteiger partial charge in [0.05, 0.1) is 5.75 Å². The molecule has 1 amide bonds. The zero-order valence-corrected chi connectivity index (χ0v) is 12.5. The van der Waals surface area contributed by atoms with E-state index in [1.165, 1.54) is 0 Å². The van der Waals surface area contributed by atoms with Gasteiger partial charge in [-0.1, -0.05) is 27.7 Å². The number of nitrogens with one attached hydrogen (secondary N) is 2. The summed E-state index contributed by atoms with van der Waals surface area (Å²) < 4.78 is 22.5. The molecule has 8 heteroatoms. The third kappa shape index (κ3) is 4.62. The van der Waals surface area contributed by atoms with Crippen LogP contribution in [0, 0.1) is 0 Å². The van der Waals surface area contributed by atoms with Crippen LogP contribution in [0.5, 0.6) is 0 Å². The Morgan fingerprint density at radius 3 is 2.47 bits per heavy atom. The van der Waals surface area contributed by atoms with Gasteiger partial charge in [-0.2, -0.15) is 0 Å². The predicted octanol–water partition coefficient (Wildman–Crippen LogP) is 0.267. The molecule has 0 aliphatic heterocycles. The summed E-state index contributed by atoms with van der Waals surface area (Å²) in [6.07, 6.45) is 0. The van der Waals surface area contributed by atoms with Gasteiger partial charge in [0.25, 0.3) is 5.91 Å². The van der Waals surface area contributed by atoms with E-state index in [-0.39, 0.29) is 29.3 Å². The highest BCUT2D eigenvalue weighted by atomic mass is 32.2. The highest BCUT2D eigenvalue weighted by Crippen LogP contribution is 2.17. The maximum atomic E-state index is 11.7. The zero-order valence-electron chi connectivity index (χ0n) is 11.6. The molecule has 0 aliphatic rings. The molecule has 0 bridgehead atoms. The minimum atomic E-state index is -3.08. The van der Waals surface area contributed by atoms with Gasteiger partial charge in [-0.25, -0.2) is 13.4 Å². The van der Waals surface area contributed by atoms with Crippen LogP contribution in [0.15, 0.2) is 0 Å². The Kier molecular flexibility index (Phi) is 4.67. The Hall–Kier alpha value is -1.44. The summed E-state index contributed by atoms with van der Waals surface area (Å²) in [6, 6.07) is 0. The number of aromatic nitrogens is 3. The van der Waals surface area contributed by atoms with Crippen LogP contribution in [0.4, 0.5) is 0 Å². The van der Waals surface area contributed by atoms with Crippen molar-refractivity contribution in [2.24, 2.45) is 0 Å². The van der Waals surface area contributed by atoms with Crippen LogP contribution in [-0.4, -0.2) is 47.6 Å². The average molecular weight is 288 g/mol. The number of amides is 1. The second-order valence-corrected chi connectivity index (χ2v) is 7.72. The molecule has 1 aromatic rings. The van der Waals surface area contributed by atoms with Gasteiger partial charge in [0.1, 0.15) is 5.82 Å². The summed E-state index contributed by atoms with van der Waals surface area (Å²) in [7, 11) is -3.08. The molecule has 0 aliphatic carbocycles. The van der Waals surface area contributed by atoms with Gasteiger partial charge < -0.3 is 5.32 Å². The molecule has 0 atom stereocenters. The highest BCUT2D eigenvalue weighted by Gasteiger charge is 2.21. The number of nitrogens with zero attached hydrogens (tertiary/aromatic N) is 2. The lowest BCUT2D eigenvalue weighted by Crippen LogP contribution is -2.30. The van der Waals surface area contributed by atoms with Gasteiger partial charge in [0.2, 0.25) is 5.82 Å². The molecule has 0 saturated heterocycles. The smallest absolute Gasteiger partial charge is 0.290 e. The molecule has 0 unspecified atom stereocenters. The summed E-state index contributed by atoms with van der Waals surface area (Å²) in [6.45, 7) is 7.48. The Bertz CT molecular complexity index is 543. The molecule has 1 aromatic heterocycles. The summed E-state index contributed by atoms with van der Waals surface area (Å²) in [4.78, 5) is 15.8. The highest BCUT2D eigenvalue weighted by molar-refractivity contribution is 7.91. The van der Waals surface area contributed by atoms with Crippen LogP contribution in [0.2, 0.25) is 0 Å². The van der Waals surface area contributed by atoms with Crippen LogP contribution in [0.25, 0.3) is 0 Å². The average Bonchev–Trinajstić information content (AvgIpc) is 2.77. The number of carbonyl (C=O) groups excluding carboxylic acids is 1. The number of aromatic amines is 1. The van der Waals surface area contributed by atoms with Crippen LogP contribution in [-0.2, 0) is 15.3 Å². The molecule has 1 heterocycles. The minimum absolute atomic E-state index is 0.0267. The molecular weight excluding hydrogens is 268 g/mol. The van der Waals surface area contributed by atoms with Gasteiger partial charge in [-0.15, -0.1) is 5.10 Å². The van der Waals surface area contributed by atoms with E-state index >= 15 is 0 Å². The van der Waals surface area contributed by atoms with Crippen molar-refractivity contribution in [3.8, 4) is 0 Å². The number of hydrogen-bond acceptors (Lipinski definition) is 5. The SMILES string of the molecule is CCS(=O)(=O)CCNC(=O)c1n[nH]c(C(C)(C)C)n1. The van der Waals surface area contributed by atoms with Crippen molar-refractivity contribution in [3.05, 3.63) is 11.6 Å². The van der Waals surface area contributed by atoms with Crippen molar-refractivity contribution < 1.29 is 13.2 Å². The van der Waals surface area contributed by atoms with E-state index < -0.39 is 15.7 Å². The van der Waals surface area contributed by atoms with Gasteiger partial charge in [-0.3, -0.25) is 9.89 Å². The first kappa shape index (κ1) is 15.6. The van der Waals surface area contributed by atoms with E-state index in [0.717, 1.165) is 0 Å². The van der Waals surface area contributed by atoms with Crippen molar-refractivity contribution in [2.45, 2.75) is 33.1 Å². The van der Waals surface area contributed by atoms with Crippen LogP contribution < -0.4 is 5.32 Å². The van der Waals surface area contributed by atoms with Crippen LogP contribution in [0.3, 0.4) is 0 Å². The molecule has 108 valence electrons. The lowest BCUT2D eigenvalue weighted by molar-refractivity contribution is 0.0946.